The van der Waals surface area contributed by atoms with Gasteiger partial charge in [-0.1, -0.05) is 23.7 Å². The molecular weight excluding hydrogens is 290 g/mol. The van der Waals surface area contributed by atoms with Gasteiger partial charge in [-0.15, -0.1) is 0 Å². The van der Waals surface area contributed by atoms with Crippen molar-refractivity contribution in [3.05, 3.63) is 69.1 Å². The van der Waals surface area contributed by atoms with Gasteiger partial charge in [0.25, 0.3) is 5.56 Å². The fourth-order valence-electron chi connectivity index (χ4n) is 2.08. The van der Waals surface area contributed by atoms with Crippen LogP contribution in [0.5, 0.6) is 0 Å². The van der Waals surface area contributed by atoms with Crippen molar-refractivity contribution < 1.29 is 9.53 Å². The van der Waals surface area contributed by atoms with E-state index in [1.54, 1.807) is 31.3 Å². The van der Waals surface area contributed by atoms with Gasteiger partial charge in [0.05, 0.1) is 12.6 Å². The fraction of sp³-hybridized carbons (Fsp3) is 0.250. The molecule has 2 aromatic rings. The van der Waals surface area contributed by atoms with E-state index in [4.69, 9.17) is 16.3 Å². The molecule has 0 saturated carbocycles. The quantitative estimate of drug-likeness (QED) is 0.814. The molecule has 21 heavy (non-hydrogen) atoms. The number of hydrogen-bond donors (Lipinski definition) is 0. The number of carbonyl (C=O) groups is 1. The molecule has 2 rings (SSSR count). The molecule has 0 bridgehead atoms. The molecule has 1 heterocycles. The zero-order chi connectivity index (χ0) is 15.4. The van der Waals surface area contributed by atoms with Crippen molar-refractivity contribution in [2.75, 3.05) is 6.61 Å². The maximum atomic E-state index is 12.4. The predicted molar refractivity (Wildman–Crippen MR) is 81.9 cm³/mol. The monoisotopic (exact) mass is 305 g/mol. The van der Waals surface area contributed by atoms with Crippen molar-refractivity contribution in [2.45, 2.75) is 19.9 Å². The lowest BCUT2D eigenvalue weighted by atomic mass is 10.1. The minimum Gasteiger partial charge on any atom is -0.462 e. The van der Waals surface area contributed by atoms with Gasteiger partial charge in [0.2, 0.25) is 0 Å². The molecule has 0 aliphatic rings. The van der Waals surface area contributed by atoms with Crippen molar-refractivity contribution in [1.82, 2.24) is 4.57 Å². The Kier molecular flexibility index (Phi) is 4.81. The third-order valence-corrected chi connectivity index (χ3v) is 3.49. The Hall–Kier alpha value is -2.07. The van der Waals surface area contributed by atoms with Gasteiger partial charge in [-0.3, -0.25) is 4.79 Å². The van der Waals surface area contributed by atoms with E-state index >= 15 is 0 Å². The van der Waals surface area contributed by atoms with E-state index in [1.165, 1.54) is 10.6 Å². The SMILES string of the molecule is CCOC(=O)c1cccn([C@@H](C)c2ccc(Cl)cc2)c1=O. The second-order valence-electron chi connectivity index (χ2n) is 4.58. The summed E-state index contributed by atoms with van der Waals surface area (Å²) in [5.74, 6) is -0.597. The highest BCUT2D eigenvalue weighted by Crippen LogP contribution is 2.18. The maximum Gasteiger partial charge on any atom is 0.343 e. The van der Waals surface area contributed by atoms with E-state index in [9.17, 15) is 9.59 Å². The number of hydrogen-bond acceptors (Lipinski definition) is 3. The second kappa shape index (κ2) is 6.59. The number of ether oxygens (including phenoxy) is 1. The molecule has 0 N–H and O–H groups in total. The Labute approximate surface area is 127 Å². The summed E-state index contributed by atoms with van der Waals surface area (Å²) in [6, 6.07) is 10.2. The minimum atomic E-state index is -0.597. The highest BCUT2D eigenvalue weighted by molar-refractivity contribution is 6.30. The summed E-state index contributed by atoms with van der Waals surface area (Å²) in [7, 11) is 0. The molecule has 0 spiro atoms. The van der Waals surface area contributed by atoms with Crippen LogP contribution >= 0.6 is 11.6 Å². The van der Waals surface area contributed by atoms with Crippen LogP contribution in [0.25, 0.3) is 0 Å². The van der Waals surface area contributed by atoms with Gasteiger partial charge in [-0.2, -0.15) is 0 Å². The summed E-state index contributed by atoms with van der Waals surface area (Å²) >= 11 is 5.87. The number of halogens is 1. The Balaban J connectivity index is 2.40. The summed E-state index contributed by atoms with van der Waals surface area (Å²) in [5.41, 5.74) is 0.612. The van der Waals surface area contributed by atoms with E-state index < -0.39 is 5.97 Å². The summed E-state index contributed by atoms with van der Waals surface area (Å²) in [6.07, 6.45) is 1.66. The van der Waals surface area contributed by atoms with E-state index in [0.29, 0.717) is 5.02 Å². The van der Waals surface area contributed by atoms with Crippen LogP contribution in [0.15, 0.2) is 47.4 Å². The number of nitrogens with zero attached hydrogens (tertiary/aromatic N) is 1. The molecule has 1 atom stereocenters. The van der Waals surface area contributed by atoms with Crippen LogP contribution in [0.4, 0.5) is 0 Å². The minimum absolute atomic E-state index is 0.0418. The van der Waals surface area contributed by atoms with Crippen molar-refractivity contribution in [3.8, 4) is 0 Å². The van der Waals surface area contributed by atoms with Crippen LogP contribution in [-0.4, -0.2) is 17.1 Å². The third-order valence-electron chi connectivity index (χ3n) is 3.24. The number of rotatable bonds is 4. The van der Waals surface area contributed by atoms with Crippen LogP contribution in [0.3, 0.4) is 0 Å². The van der Waals surface area contributed by atoms with Gasteiger partial charge in [0, 0.05) is 11.2 Å². The van der Waals surface area contributed by atoms with Crippen molar-refractivity contribution in [3.63, 3.8) is 0 Å². The van der Waals surface area contributed by atoms with E-state index in [2.05, 4.69) is 0 Å². The molecule has 0 fully saturated rings. The lowest BCUT2D eigenvalue weighted by Gasteiger charge is -2.16. The van der Waals surface area contributed by atoms with Crippen LogP contribution in [-0.2, 0) is 4.74 Å². The molecule has 4 nitrogen and oxygen atoms in total. The van der Waals surface area contributed by atoms with Crippen molar-refractivity contribution >= 4 is 17.6 Å². The topological polar surface area (TPSA) is 48.3 Å². The van der Waals surface area contributed by atoms with E-state index in [-0.39, 0.29) is 23.8 Å². The summed E-state index contributed by atoms with van der Waals surface area (Å²) < 4.78 is 6.40. The molecule has 0 saturated heterocycles. The summed E-state index contributed by atoms with van der Waals surface area (Å²) in [5, 5.41) is 0.638. The molecular formula is C16H16ClNO3. The van der Waals surface area contributed by atoms with Crippen LogP contribution in [0, 0.1) is 0 Å². The van der Waals surface area contributed by atoms with Gasteiger partial charge < -0.3 is 9.30 Å². The molecule has 0 aliphatic carbocycles. The normalized spacial score (nSPS) is 12.0. The van der Waals surface area contributed by atoms with E-state index in [1.807, 2.05) is 19.1 Å². The van der Waals surface area contributed by atoms with E-state index in [0.717, 1.165) is 5.56 Å². The van der Waals surface area contributed by atoms with Crippen molar-refractivity contribution in [1.29, 1.82) is 0 Å². The van der Waals surface area contributed by atoms with Crippen LogP contribution < -0.4 is 5.56 Å². The molecule has 1 aromatic carbocycles. The number of pyridine rings is 1. The number of aromatic nitrogens is 1. The van der Waals surface area contributed by atoms with Crippen molar-refractivity contribution in [2.24, 2.45) is 0 Å². The predicted octanol–water partition coefficient (Wildman–Crippen LogP) is 3.29. The molecule has 1 aromatic heterocycles. The fourth-order valence-corrected chi connectivity index (χ4v) is 2.21. The van der Waals surface area contributed by atoms with Gasteiger partial charge in [-0.05, 0) is 43.7 Å². The molecule has 5 heteroatoms. The Morgan fingerprint density at radius 2 is 1.95 bits per heavy atom. The standard InChI is InChI=1S/C16H16ClNO3/c1-3-21-16(20)14-5-4-10-18(15(14)19)11(2)12-6-8-13(17)9-7-12/h4-11H,3H2,1-2H3/t11-/m0/s1. The molecule has 0 radical (unpaired) electrons. The lowest BCUT2D eigenvalue weighted by molar-refractivity contribution is 0.0523. The first-order valence-corrected chi connectivity index (χ1v) is 7.06. The third kappa shape index (κ3) is 3.34. The van der Waals surface area contributed by atoms with Gasteiger partial charge in [0.15, 0.2) is 0 Å². The summed E-state index contributed by atoms with van der Waals surface area (Å²) in [4.78, 5) is 24.2. The average Bonchev–Trinajstić information content (AvgIpc) is 2.48. The van der Waals surface area contributed by atoms with Crippen LogP contribution in [0.2, 0.25) is 5.02 Å². The Morgan fingerprint density at radius 1 is 1.29 bits per heavy atom. The van der Waals surface area contributed by atoms with Gasteiger partial charge >= 0.3 is 5.97 Å². The zero-order valence-electron chi connectivity index (χ0n) is 11.9. The number of carbonyl (C=O) groups excluding carboxylic acids is 1. The summed E-state index contributed by atoms with van der Waals surface area (Å²) in [6.45, 7) is 3.83. The Morgan fingerprint density at radius 3 is 2.57 bits per heavy atom. The molecule has 0 aliphatic heterocycles. The second-order valence-corrected chi connectivity index (χ2v) is 5.02. The molecule has 110 valence electrons. The zero-order valence-corrected chi connectivity index (χ0v) is 12.6. The largest absolute Gasteiger partial charge is 0.462 e. The highest BCUT2D eigenvalue weighted by Gasteiger charge is 2.16. The van der Waals surface area contributed by atoms with Crippen LogP contribution in [0.1, 0.15) is 35.8 Å². The van der Waals surface area contributed by atoms with Gasteiger partial charge in [0.1, 0.15) is 5.56 Å². The first-order valence-electron chi connectivity index (χ1n) is 6.68. The first-order chi connectivity index (χ1) is 10.0. The lowest BCUT2D eigenvalue weighted by Crippen LogP contribution is -2.29. The molecule has 0 amide bonds. The maximum absolute atomic E-state index is 12.4. The smallest absolute Gasteiger partial charge is 0.343 e. The molecule has 0 unspecified atom stereocenters. The Bertz CT molecular complexity index is 691. The average molecular weight is 306 g/mol. The number of esters is 1. The van der Waals surface area contributed by atoms with Gasteiger partial charge in [-0.25, -0.2) is 4.79 Å². The number of benzene rings is 1. The highest BCUT2D eigenvalue weighted by atomic mass is 35.5. The first kappa shape index (κ1) is 15.3.